The van der Waals surface area contributed by atoms with Crippen LogP contribution in [0.1, 0.15) is 11.5 Å². The first-order valence-corrected chi connectivity index (χ1v) is 16.0. The topological polar surface area (TPSA) is 320 Å². The molecule has 22 nitrogen and oxygen atoms in total. The summed E-state index contributed by atoms with van der Waals surface area (Å²) in [5.41, 5.74) is 5.65. The van der Waals surface area contributed by atoms with E-state index in [1.807, 2.05) is 0 Å². The predicted octanol–water partition coefficient (Wildman–Crippen LogP) is -2.75. The first-order chi connectivity index (χ1) is 20.9. The molecule has 1 unspecified atom stereocenters. The van der Waals surface area contributed by atoms with Gasteiger partial charge in [-0.05, 0) is 0 Å². The van der Waals surface area contributed by atoms with E-state index < -0.39 is 75.3 Å². The van der Waals surface area contributed by atoms with Crippen LogP contribution in [0.5, 0.6) is 11.5 Å². The molecule has 7 rings (SSSR count). The number of hydrogen-bond acceptors (Lipinski definition) is 20. The van der Waals surface area contributed by atoms with Crippen LogP contribution in [-0.2, 0) is 24.9 Å². The molecule has 4 aliphatic heterocycles. The molecule has 0 aliphatic carbocycles. The van der Waals surface area contributed by atoms with Crippen LogP contribution >= 0.6 is 16.3 Å². The Bertz CT molecular complexity index is 1820. The van der Waals surface area contributed by atoms with Crippen LogP contribution in [0.3, 0.4) is 0 Å². The monoisotopic (exact) mass is 661 g/mol. The summed E-state index contributed by atoms with van der Waals surface area (Å²) < 4.78 is 32.1. The van der Waals surface area contributed by atoms with Gasteiger partial charge in [0.2, 0.25) is 0 Å². The van der Waals surface area contributed by atoms with Crippen LogP contribution in [0.2, 0.25) is 0 Å². The predicted molar refractivity (Wildman–Crippen MR) is 147 cm³/mol. The van der Waals surface area contributed by atoms with Gasteiger partial charge in [0.25, 0.3) is 0 Å². The van der Waals surface area contributed by atoms with E-state index in [9.17, 15) is 34.6 Å². The summed E-state index contributed by atoms with van der Waals surface area (Å²) in [6.45, 7) is -0.506. The number of rotatable bonds is 2. The Hall–Kier alpha value is -4.37. The van der Waals surface area contributed by atoms with E-state index in [0.717, 1.165) is 6.33 Å². The number of hydrogen-bond donors (Lipinski definition) is 12. The molecule has 3 aromatic rings. The van der Waals surface area contributed by atoms with E-state index in [0.29, 0.717) is 17.8 Å². The summed E-state index contributed by atoms with van der Waals surface area (Å²) in [5, 5.41) is 37.4. The van der Waals surface area contributed by atoms with Crippen molar-refractivity contribution < 1.29 is 57.0 Å². The third-order valence-corrected chi connectivity index (χ3v) is 8.67. The minimum atomic E-state index is -5.27. The first kappa shape index (κ1) is 28.4. The molecule has 13 N–H and O–H groups in total. The summed E-state index contributed by atoms with van der Waals surface area (Å²) in [4.78, 5) is 62.8. The number of nitrogens with one attached hydrogen (secondary N) is 5. The fraction of sp³-hybridized carbons (Fsp3) is 0.250. The van der Waals surface area contributed by atoms with Gasteiger partial charge >= 0.3 is 244 Å². The fourth-order valence-corrected chi connectivity index (χ4v) is 6.46. The molecular weight excluding hydrogens is 636 g/mol. The molecule has 7 heterocycles. The van der Waals surface area contributed by atoms with Crippen molar-refractivity contribution in [3.8, 4) is 11.5 Å². The van der Waals surface area contributed by atoms with Crippen LogP contribution in [0.4, 0.5) is 5.88 Å². The normalized spacial score (nSPS) is 26.9. The average Bonchev–Trinajstić information content (AvgIpc) is 3.73. The van der Waals surface area contributed by atoms with Crippen LogP contribution in [0, 0.1) is 0 Å². The van der Waals surface area contributed by atoms with Crippen molar-refractivity contribution in [1.29, 1.82) is 0 Å². The Morgan fingerprint density at radius 2 is 1.95 bits per heavy atom. The molecule has 4 aliphatic rings. The zero-order valence-corrected chi connectivity index (χ0v) is 23.9. The summed E-state index contributed by atoms with van der Waals surface area (Å²) in [7, 11) is -10.5. The third-order valence-electron chi connectivity index (χ3n) is 6.77. The van der Waals surface area contributed by atoms with Gasteiger partial charge in [0, 0.05) is 0 Å². The number of aliphatic hydroxyl groups is 1. The van der Waals surface area contributed by atoms with E-state index in [1.165, 1.54) is 4.90 Å². The van der Waals surface area contributed by atoms with Crippen molar-refractivity contribution in [2.24, 2.45) is 5.73 Å². The summed E-state index contributed by atoms with van der Waals surface area (Å²) in [6, 6.07) is 0. The Labute approximate surface area is 244 Å². The zero-order chi connectivity index (χ0) is 31.0. The van der Waals surface area contributed by atoms with Gasteiger partial charge in [0.15, 0.2) is 0 Å². The van der Waals surface area contributed by atoms with E-state index in [2.05, 4.69) is 36.1 Å². The van der Waals surface area contributed by atoms with E-state index in [-0.39, 0.29) is 35.9 Å². The Balaban J connectivity index is 1.27. The molecule has 0 radical (unpaired) electrons. The number of H-pyrrole nitrogens is 2. The van der Waals surface area contributed by atoms with Crippen LogP contribution in [0.15, 0.2) is 44.8 Å². The van der Waals surface area contributed by atoms with Crippen molar-refractivity contribution in [2.75, 3.05) is 18.2 Å². The second-order valence-electron chi connectivity index (χ2n) is 9.55. The average molecular weight is 661 g/mol. The molecule has 24 heteroatoms. The number of aromatic nitrogens is 4. The van der Waals surface area contributed by atoms with E-state index >= 15 is 0 Å². The summed E-state index contributed by atoms with van der Waals surface area (Å²) in [6.07, 6.45) is -0.862. The number of ether oxygens (including phenoxy) is 1. The van der Waals surface area contributed by atoms with Crippen molar-refractivity contribution in [3.05, 3.63) is 57.4 Å². The van der Waals surface area contributed by atoms with Crippen LogP contribution in [-0.4, -0.2) is 75.6 Å². The SMILES string of the molecule is NC1=C2NCN(c3oc4c(c3O)O[PH](O)(O)O/C=C3/OC(c5n[nH]c6c(=O)[nH]cnc56)=C(O[PH](O)(O)OC4)[C@@H]3O)C2NCN1. The molecule has 0 saturated carbocycles. The Morgan fingerprint density at radius 3 is 2.77 bits per heavy atom. The summed E-state index contributed by atoms with van der Waals surface area (Å²) in [5.74, 6) is -3.28. The standard InChI is InChI=1S/C20H25N9O13P2/c21-17-11-18(24-4-23-17)29(5-26-11)20-13(31)14-7(40-20)2-38-44(35,36)42-16-12(30)6(1-37-43(33,34)41-14)39-15(16)9-8-10(28-27-9)19(32)25-3-22-8/h1,3,12,18,23-24,26,30-31,33-36,43-44H,2,4-5,21H2,(H,27,28)(H,22,25,32)/b6-1+/t12-,18?/m1/s1. The first-order valence-electron chi connectivity index (χ1n) is 12.6. The van der Waals surface area contributed by atoms with E-state index in [1.54, 1.807) is 0 Å². The zero-order valence-electron chi connectivity index (χ0n) is 21.9. The molecule has 0 spiro atoms. The van der Waals surface area contributed by atoms with Gasteiger partial charge in [0.05, 0.1) is 0 Å². The molecule has 1 fully saturated rings. The molecule has 238 valence electrons. The second kappa shape index (κ2) is 10.1. The van der Waals surface area contributed by atoms with Crippen LogP contribution in [0.25, 0.3) is 16.8 Å². The molecule has 44 heavy (non-hydrogen) atoms. The number of aromatic hydroxyl groups is 1. The molecule has 0 aromatic carbocycles. The van der Waals surface area contributed by atoms with Crippen LogP contribution < -0.4 is 36.7 Å². The second-order valence-corrected chi connectivity index (χ2v) is 12.7. The van der Waals surface area contributed by atoms with Gasteiger partial charge in [-0.15, -0.1) is 0 Å². The van der Waals surface area contributed by atoms with Crippen molar-refractivity contribution in [3.63, 3.8) is 0 Å². The molecular formula is C20H25N9O13P2. The quantitative estimate of drug-likeness (QED) is 0.124. The minimum absolute atomic E-state index is 0.0385. The van der Waals surface area contributed by atoms with Gasteiger partial charge in [-0.25, -0.2) is 0 Å². The fourth-order valence-electron chi connectivity index (χ4n) is 4.79. The van der Waals surface area contributed by atoms with Gasteiger partial charge in [0.1, 0.15) is 0 Å². The number of aliphatic hydroxyl groups excluding tert-OH is 1. The maximum absolute atomic E-state index is 12.1. The number of nitrogens with zero attached hydrogens (tertiary/aromatic N) is 3. The third kappa shape index (κ3) is 4.70. The van der Waals surface area contributed by atoms with Gasteiger partial charge in [-0.3, -0.25) is 0 Å². The maximum atomic E-state index is 12.1. The Morgan fingerprint density at radius 1 is 1.14 bits per heavy atom. The molecule has 1 saturated heterocycles. The summed E-state index contributed by atoms with van der Waals surface area (Å²) >= 11 is 0. The number of nitrogens with two attached hydrogens (primary N) is 1. The molecule has 0 amide bonds. The van der Waals surface area contributed by atoms with Gasteiger partial charge in [-0.1, -0.05) is 0 Å². The number of fused-ring (bicyclic) bond motifs is 5. The molecule has 2 atom stereocenters. The molecule has 2 bridgehead atoms. The van der Waals surface area contributed by atoms with Crippen molar-refractivity contribution >= 4 is 39.0 Å². The van der Waals surface area contributed by atoms with Gasteiger partial charge < -0.3 is 0 Å². The number of furan rings is 1. The molecule has 3 aromatic heterocycles. The Kier molecular flexibility index (Phi) is 6.51. The van der Waals surface area contributed by atoms with Gasteiger partial charge in [-0.2, -0.15) is 0 Å². The van der Waals surface area contributed by atoms with Crippen molar-refractivity contribution in [2.45, 2.75) is 18.9 Å². The van der Waals surface area contributed by atoms with Crippen molar-refractivity contribution in [1.82, 2.24) is 36.1 Å². The number of anilines is 1. The number of aromatic amines is 2. The van der Waals surface area contributed by atoms with E-state index in [4.69, 9.17) is 33.0 Å².